The Hall–Kier alpha value is -3.80. The van der Waals surface area contributed by atoms with Gasteiger partial charge in [-0.25, -0.2) is 9.37 Å². The summed E-state index contributed by atoms with van der Waals surface area (Å²) in [4.78, 5) is 57.3. The molecule has 3 heterocycles. The van der Waals surface area contributed by atoms with Gasteiger partial charge in [-0.15, -0.1) is 0 Å². The Kier molecular flexibility index (Phi) is 7.29. The molecular weight excluding hydrogens is 497 g/mol. The highest BCUT2D eigenvalue weighted by Crippen LogP contribution is 2.49. The number of amides is 3. The van der Waals surface area contributed by atoms with Crippen molar-refractivity contribution in [3.05, 3.63) is 57.0 Å². The number of likely N-dealkylation sites (N-methyl/N-ethyl adjacent to an activating group) is 1. The summed E-state index contributed by atoms with van der Waals surface area (Å²) in [6.45, 7) is 2.13. The van der Waals surface area contributed by atoms with Gasteiger partial charge >= 0.3 is 11.8 Å². The van der Waals surface area contributed by atoms with E-state index in [1.54, 1.807) is 20.1 Å². The van der Waals surface area contributed by atoms with Gasteiger partial charge in [-0.1, -0.05) is 12.1 Å². The molecule has 2 aliphatic heterocycles. The van der Waals surface area contributed by atoms with Crippen molar-refractivity contribution in [3.63, 3.8) is 0 Å². The van der Waals surface area contributed by atoms with E-state index in [1.807, 2.05) is 0 Å². The third kappa shape index (κ3) is 4.87. The summed E-state index contributed by atoms with van der Waals surface area (Å²) in [5, 5.41) is 16.1. The first-order valence-corrected chi connectivity index (χ1v) is 12.3. The Balaban J connectivity index is 1.75. The zero-order valence-electron chi connectivity index (χ0n) is 21.9. The zero-order chi connectivity index (χ0) is 27.8. The lowest BCUT2D eigenvalue weighted by molar-refractivity contribution is -0.145. The lowest BCUT2D eigenvalue weighted by Gasteiger charge is -2.41. The lowest BCUT2D eigenvalue weighted by atomic mass is 9.68. The minimum absolute atomic E-state index is 0.00958. The third-order valence-electron chi connectivity index (χ3n) is 7.53. The van der Waals surface area contributed by atoms with Crippen LogP contribution in [0.25, 0.3) is 0 Å². The normalized spacial score (nSPS) is 21.8. The summed E-state index contributed by atoms with van der Waals surface area (Å²) in [6, 6.07) is 4.38. The minimum atomic E-state index is -1.20. The highest BCUT2D eigenvalue weighted by molar-refractivity contribution is 6.35. The van der Waals surface area contributed by atoms with Crippen LogP contribution in [0.1, 0.15) is 53.1 Å². The number of aromatic nitrogens is 2. The second kappa shape index (κ2) is 10.2. The fraction of sp³-hybridized carbons (Fsp3) is 0.500. The van der Waals surface area contributed by atoms with E-state index in [2.05, 4.69) is 15.6 Å². The molecule has 1 saturated carbocycles. The van der Waals surface area contributed by atoms with E-state index >= 15 is 0 Å². The van der Waals surface area contributed by atoms with Crippen molar-refractivity contribution in [3.8, 4) is 5.75 Å². The molecule has 11 nitrogen and oxygen atoms in total. The van der Waals surface area contributed by atoms with E-state index < -0.39 is 45.7 Å². The molecule has 12 heteroatoms. The SMILES string of the molecule is COCC12CCC(NC(=O)C(=O)N(C)C)(CC1)c1nc(C(=O)NCc3ccc(F)c(C)c3)c(O)c(=O)n1C2. The van der Waals surface area contributed by atoms with Crippen molar-refractivity contribution in [2.45, 2.75) is 51.2 Å². The highest BCUT2D eigenvalue weighted by Gasteiger charge is 2.52. The van der Waals surface area contributed by atoms with Crippen LogP contribution in [0, 0.1) is 18.2 Å². The summed E-state index contributed by atoms with van der Waals surface area (Å²) in [5.41, 5.74) is -1.92. The Labute approximate surface area is 219 Å². The number of benzene rings is 1. The predicted molar refractivity (Wildman–Crippen MR) is 134 cm³/mol. The van der Waals surface area contributed by atoms with Gasteiger partial charge in [-0.2, -0.15) is 0 Å². The average molecular weight is 530 g/mol. The van der Waals surface area contributed by atoms with E-state index in [9.17, 15) is 28.7 Å². The van der Waals surface area contributed by atoms with Gasteiger partial charge in [0, 0.05) is 39.7 Å². The van der Waals surface area contributed by atoms with Crippen LogP contribution in [0.5, 0.6) is 5.75 Å². The molecule has 0 radical (unpaired) electrons. The second-order valence-electron chi connectivity index (χ2n) is 10.5. The Morgan fingerprint density at radius 1 is 1.21 bits per heavy atom. The van der Waals surface area contributed by atoms with Crippen LogP contribution in [0.2, 0.25) is 0 Å². The van der Waals surface area contributed by atoms with Crippen molar-refractivity contribution in [2.24, 2.45) is 5.41 Å². The van der Waals surface area contributed by atoms with Crippen LogP contribution < -0.4 is 16.2 Å². The predicted octanol–water partition coefficient (Wildman–Crippen LogP) is 0.947. The summed E-state index contributed by atoms with van der Waals surface area (Å²) < 4.78 is 20.3. The zero-order valence-corrected chi connectivity index (χ0v) is 21.9. The summed E-state index contributed by atoms with van der Waals surface area (Å²) in [7, 11) is 4.47. The molecule has 3 N–H and O–H groups in total. The molecule has 204 valence electrons. The van der Waals surface area contributed by atoms with Crippen molar-refractivity contribution in [1.29, 1.82) is 0 Å². The van der Waals surface area contributed by atoms with Crippen molar-refractivity contribution >= 4 is 17.7 Å². The van der Waals surface area contributed by atoms with Crippen LogP contribution >= 0.6 is 0 Å². The maximum Gasteiger partial charge on any atom is 0.311 e. The number of ether oxygens (including phenoxy) is 1. The van der Waals surface area contributed by atoms with Crippen LogP contribution in [0.15, 0.2) is 23.0 Å². The monoisotopic (exact) mass is 529 g/mol. The number of carbonyl (C=O) groups is 3. The lowest BCUT2D eigenvalue weighted by Crippen LogP contribution is -2.54. The number of hydrogen-bond acceptors (Lipinski definition) is 7. The van der Waals surface area contributed by atoms with E-state index in [0.717, 1.165) is 4.90 Å². The van der Waals surface area contributed by atoms with Crippen LogP contribution in [-0.2, 0) is 33.0 Å². The van der Waals surface area contributed by atoms with Gasteiger partial charge in [0.05, 0.1) is 12.1 Å². The van der Waals surface area contributed by atoms with E-state index in [4.69, 9.17) is 4.74 Å². The number of nitrogens with one attached hydrogen (secondary N) is 2. The van der Waals surface area contributed by atoms with E-state index in [-0.39, 0.29) is 24.7 Å². The van der Waals surface area contributed by atoms with Crippen LogP contribution in [-0.4, -0.2) is 65.1 Å². The van der Waals surface area contributed by atoms with Gasteiger partial charge in [-0.3, -0.25) is 23.7 Å². The Morgan fingerprint density at radius 2 is 1.89 bits per heavy atom. The standard InChI is InChI=1S/C26H32FN5O6/c1-15-11-16(5-6-17(15)27)12-28-20(34)18-19(33)22(36)32-13-25(14-38-4)7-9-26(10-8-25,24(32)29-18)30-21(35)23(37)31(2)3/h5-6,11,33H,7-10,12-14H2,1-4H3,(H,28,34)(H,30,35). The highest BCUT2D eigenvalue weighted by atomic mass is 19.1. The third-order valence-corrected chi connectivity index (χ3v) is 7.53. The molecule has 1 fully saturated rings. The first-order valence-electron chi connectivity index (χ1n) is 12.3. The molecule has 2 bridgehead atoms. The minimum Gasteiger partial charge on any atom is -0.501 e. The fourth-order valence-electron chi connectivity index (χ4n) is 5.37. The number of hydrogen-bond donors (Lipinski definition) is 3. The number of carbonyl (C=O) groups excluding carboxylic acids is 3. The average Bonchev–Trinajstić information content (AvgIpc) is 3.09. The molecule has 2 aromatic rings. The maximum absolute atomic E-state index is 13.6. The molecule has 1 aromatic heterocycles. The molecule has 1 aromatic carbocycles. The summed E-state index contributed by atoms with van der Waals surface area (Å²) >= 11 is 0. The Bertz CT molecular complexity index is 1350. The number of nitrogens with zero attached hydrogens (tertiary/aromatic N) is 3. The number of fused-ring (bicyclic) bond motifs is 2. The molecule has 0 unspecified atom stereocenters. The van der Waals surface area contributed by atoms with E-state index in [0.29, 0.717) is 43.4 Å². The molecular formula is C26H32FN5O6. The molecule has 3 aliphatic rings. The van der Waals surface area contributed by atoms with Crippen molar-refractivity contribution in [2.75, 3.05) is 27.8 Å². The van der Waals surface area contributed by atoms with Gasteiger partial charge < -0.3 is 25.4 Å². The van der Waals surface area contributed by atoms with Gasteiger partial charge in [0.2, 0.25) is 5.75 Å². The second-order valence-corrected chi connectivity index (χ2v) is 10.5. The molecule has 38 heavy (non-hydrogen) atoms. The van der Waals surface area contributed by atoms with Gasteiger partial charge in [0.1, 0.15) is 11.6 Å². The smallest absolute Gasteiger partial charge is 0.311 e. The molecule has 0 saturated heterocycles. The first kappa shape index (κ1) is 27.2. The number of aryl methyl sites for hydroxylation is 1. The molecule has 5 rings (SSSR count). The van der Waals surface area contributed by atoms with Crippen LogP contribution in [0.4, 0.5) is 4.39 Å². The Morgan fingerprint density at radius 3 is 2.50 bits per heavy atom. The first-order chi connectivity index (χ1) is 17.9. The van der Waals surface area contributed by atoms with Crippen molar-refractivity contribution < 1.29 is 28.6 Å². The van der Waals surface area contributed by atoms with Crippen molar-refractivity contribution in [1.82, 2.24) is 25.1 Å². The van der Waals surface area contributed by atoms with Gasteiger partial charge in [0.15, 0.2) is 5.69 Å². The largest absolute Gasteiger partial charge is 0.501 e. The summed E-state index contributed by atoms with van der Waals surface area (Å²) in [5.74, 6) is -3.51. The molecule has 0 atom stereocenters. The van der Waals surface area contributed by atoms with Crippen LogP contribution in [0.3, 0.4) is 0 Å². The van der Waals surface area contributed by atoms with E-state index in [1.165, 1.54) is 30.8 Å². The quantitative estimate of drug-likeness (QED) is 0.473. The van der Waals surface area contributed by atoms with Gasteiger partial charge in [-0.05, 0) is 49.8 Å². The molecule has 3 amide bonds. The summed E-state index contributed by atoms with van der Waals surface area (Å²) in [6.07, 6.45) is 1.84. The maximum atomic E-state index is 13.6. The number of halogens is 1. The van der Waals surface area contributed by atoms with Gasteiger partial charge in [0.25, 0.3) is 11.5 Å². The number of rotatable bonds is 6. The molecule has 1 aliphatic carbocycles. The molecule has 0 spiro atoms. The number of aromatic hydroxyl groups is 1. The topological polar surface area (TPSA) is 143 Å². The number of methoxy groups -OCH3 is 1. The fourth-order valence-corrected chi connectivity index (χ4v) is 5.37.